The van der Waals surface area contributed by atoms with E-state index in [4.69, 9.17) is 0 Å². The molecule has 0 aliphatic heterocycles. The molecule has 1 amide bonds. The van der Waals surface area contributed by atoms with Gasteiger partial charge in [-0.25, -0.2) is 4.39 Å². The Kier molecular flexibility index (Phi) is 5.75. The van der Waals surface area contributed by atoms with Crippen molar-refractivity contribution in [2.24, 2.45) is 23.7 Å². The summed E-state index contributed by atoms with van der Waals surface area (Å²) in [6, 6.07) is 11.4. The molecule has 0 radical (unpaired) electrons. The summed E-state index contributed by atoms with van der Waals surface area (Å²) in [7, 11) is 0. The monoisotopic (exact) mass is 509 g/mol. The molecular formula is C31H32FN5O. The highest BCUT2D eigenvalue weighted by molar-refractivity contribution is 5.92. The van der Waals surface area contributed by atoms with Crippen molar-refractivity contribution in [1.82, 2.24) is 19.7 Å². The first-order valence-electron chi connectivity index (χ1n) is 13.9. The van der Waals surface area contributed by atoms with Crippen molar-refractivity contribution in [2.45, 2.75) is 57.4 Å². The van der Waals surface area contributed by atoms with Gasteiger partial charge in [0, 0.05) is 29.3 Å². The molecule has 3 aromatic heterocycles. The molecule has 194 valence electrons. The van der Waals surface area contributed by atoms with Crippen LogP contribution in [0.15, 0.2) is 61.2 Å². The van der Waals surface area contributed by atoms with Crippen LogP contribution in [0, 0.1) is 29.5 Å². The molecule has 3 heterocycles. The van der Waals surface area contributed by atoms with E-state index in [-0.39, 0.29) is 17.6 Å². The number of aromatic nitrogens is 4. The van der Waals surface area contributed by atoms with Gasteiger partial charge in [0.2, 0.25) is 5.91 Å². The molecule has 3 saturated carbocycles. The van der Waals surface area contributed by atoms with Crippen LogP contribution in [0.4, 0.5) is 10.1 Å². The van der Waals surface area contributed by atoms with Gasteiger partial charge in [-0.1, -0.05) is 6.92 Å². The maximum Gasteiger partial charge on any atom is 0.227 e. The van der Waals surface area contributed by atoms with Crippen molar-refractivity contribution in [1.29, 1.82) is 0 Å². The van der Waals surface area contributed by atoms with E-state index in [0.717, 1.165) is 53.5 Å². The number of benzene rings is 1. The Labute approximate surface area is 221 Å². The zero-order valence-electron chi connectivity index (χ0n) is 21.6. The number of rotatable bonds is 6. The molecule has 4 aromatic rings. The predicted molar refractivity (Wildman–Crippen MR) is 145 cm³/mol. The van der Waals surface area contributed by atoms with Gasteiger partial charge in [-0.15, -0.1) is 0 Å². The molecule has 0 bridgehead atoms. The lowest BCUT2D eigenvalue weighted by atomic mass is 9.86. The molecule has 0 spiro atoms. The summed E-state index contributed by atoms with van der Waals surface area (Å²) in [6.07, 6.45) is 14.3. The van der Waals surface area contributed by atoms with Gasteiger partial charge < -0.3 is 5.32 Å². The van der Waals surface area contributed by atoms with E-state index in [1.54, 1.807) is 18.3 Å². The van der Waals surface area contributed by atoms with Crippen LogP contribution in [0.1, 0.15) is 63.0 Å². The van der Waals surface area contributed by atoms with Crippen LogP contribution in [-0.4, -0.2) is 25.7 Å². The summed E-state index contributed by atoms with van der Waals surface area (Å²) >= 11 is 0. The predicted octanol–water partition coefficient (Wildman–Crippen LogP) is 6.76. The van der Waals surface area contributed by atoms with E-state index in [0.29, 0.717) is 29.7 Å². The highest BCUT2D eigenvalue weighted by Crippen LogP contribution is 2.54. The maximum atomic E-state index is 14.0. The van der Waals surface area contributed by atoms with Crippen LogP contribution in [0.3, 0.4) is 0 Å². The van der Waals surface area contributed by atoms with Crippen molar-refractivity contribution in [3.05, 3.63) is 72.6 Å². The quantitative estimate of drug-likeness (QED) is 0.312. The highest BCUT2D eigenvalue weighted by Gasteiger charge is 2.44. The lowest BCUT2D eigenvalue weighted by Gasteiger charge is -2.21. The summed E-state index contributed by atoms with van der Waals surface area (Å²) < 4.78 is 16.0. The molecule has 38 heavy (non-hydrogen) atoms. The van der Waals surface area contributed by atoms with Gasteiger partial charge in [-0.2, -0.15) is 5.10 Å². The highest BCUT2D eigenvalue weighted by atomic mass is 19.1. The first-order chi connectivity index (χ1) is 18.5. The van der Waals surface area contributed by atoms with Gasteiger partial charge in [0.25, 0.3) is 0 Å². The minimum atomic E-state index is -0.209. The zero-order valence-corrected chi connectivity index (χ0v) is 21.6. The number of anilines is 1. The number of amides is 1. The molecule has 7 heteroatoms. The number of carbonyl (C=O) groups is 1. The third kappa shape index (κ3) is 4.38. The summed E-state index contributed by atoms with van der Waals surface area (Å²) in [5, 5.41) is 8.48. The summed E-state index contributed by atoms with van der Waals surface area (Å²) in [5.74, 6) is 1.87. The van der Waals surface area contributed by atoms with Gasteiger partial charge in [0.15, 0.2) is 0 Å². The van der Waals surface area contributed by atoms with Crippen molar-refractivity contribution in [3.63, 3.8) is 0 Å². The summed E-state index contributed by atoms with van der Waals surface area (Å²) in [5.41, 5.74) is 4.69. The van der Waals surface area contributed by atoms with E-state index >= 15 is 0 Å². The Morgan fingerprint density at radius 1 is 1.03 bits per heavy atom. The van der Waals surface area contributed by atoms with Gasteiger partial charge in [0.05, 0.1) is 35.3 Å². The number of halogens is 1. The number of hydrogen-bond acceptors (Lipinski definition) is 4. The fourth-order valence-electron chi connectivity index (χ4n) is 6.94. The average Bonchev–Trinajstić information content (AvgIpc) is 3.32. The van der Waals surface area contributed by atoms with E-state index < -0.39 is 0 Å². The second-order valence-electron chi connectivity index (χ2n) is 11.6. The Balaban J connectivity index is 0.967. The fraction of sp³-hybridized carbons (Fsp3) is 0.419. The minimum Gasteiger partial charge on any atom is -0.324 e. The van der Waals surface area contributed by atoms with Crippen molar-refractivity contribution >= 4 is 22.5 Å². The molecule has 6 nitrogen and oxygen atoms in total. The van der Waals surface area contributed by atoms with Gasteiger partial charge in [-0.3, -0.25) is 19.4 Å². The number of fused-ring (bicyclic) bond motifs is 2. The Morgan fingerprint density at radius 2 is 1.84 bits per heavy atom. The number of nitrogens with one attached hydrogen (secondary N) is 1. The molecule has 1 aromatic carbocycles. The van der Waals surface area contributed by atoms with E-state index in [2.05, 4.69) is 39.6 Å². The van der Waals surface area contributed by atoms with Gasteiger partial charge in [-0.05, 0) is 104 Å². The molecule has 3 aliphatic rings. The van der Waals surface area contributed by atoms with Gasteiger partial charge >= 0.3 is 0 Å². The number of carbonyl (C=O) groups excluding carboxylic acids is 1. The van der Waals surface area contributed by atoms with Crippen LogP contribution in [0.25, 0.3) is 22.2 Å². The molecule has 0 saturated heterocycles. The average molecular weight is 510 g/mol. The molecular weight excluding hydrogens is 477 g/mol. The molecule has 3 aliphatic carbocycles. The molecule has 7 rings (SSSR count). The second-order valence-corrected chi connectivity index (χ2v) is 11.6. The summed E-state index contributed by atoms with van der Waals surface area (Å²) in [4.78, 5) is 22.1. The van der Waals surface area contributed by atoms with Crippen molar-refractivity contribution < 1.29 is 9.18 Å². The molecule has 5 atom stereocenters. The largest absolute Gasteiger partial charge is 0.324 e. The molecule has 3 fully saturated rings. The SMILES string of the molecule is CC(C(=O)Nc1ccc(-c2cnn(C3CC3)c2)nc1)C1CC2C[C@H](c3ccnc4ccc(F)cc34)C[C@@H]2C1. The molecule has 3 unspecified atom stereocenters. The van der Waals surface area contributed by atoms with Gasteiger partial charge in [0.1, 0.15) is 5.82 Å². The normalized spacial score (nSPS) is 25.4. The standard InChI is InChI=1S/C31H32FN5O/c1-18(31(38)36-25-3-7-29(34-16-25)23-15-35-37(17-23)26-4-5-26)19-10-20-12-22(13-21(20)11-19)27-8-9-33-30-6-2-24(32)14-28(27)30/h2-3,6-9,14-22,26H,4-5,10-13H2,1H3,(H,36,38)/t18?,19?,20-,21?,22+/m0/s1. The number of pyridine rings is 2. The van der Waals surface area contributed by atoms with E-state index in [1.165, 1.54) is 24.5 Å². The number of hydrogen-bond donors (Lipinski definition) is 1. The number of nitrogens with zero attached hydrogens (tertiary/aromatic N) is 4. The smallest absolute Gasteiger partial charge is 0.227 e. The lowest BCUT2D eigenvalue weighted by molar-refractivity contribution is -0.120. The van der Waals surface area contributed by atoms with Crippen LogP contribution in [-0.2, 0) is 4.79 Å². The topological polar surface area (TPSA) is 72.7 Å². The van der Waals surface area contributed by atoms with E-state index in [1.807, 2.05) is 29.2 Å². The second kappa shape index (κ2) is 9.29. The first kappa shape index (κ1) is 23.5. The third-order valence-electron chi connectivity index (χ3n) is 9.20. The van der Waals surface area contributed by atoms with Crippen molar-refractivity contribution in [2.75, 3.05) is 5.32 Å². The lowest BCUT2D eigenvalue weighted by Crippen LogP contribution is -2.26. The Hall–Kier alpha value is -3.61. The van der Waals surface area contributed by atoms with Crippen LogP contribution in [0.2, 0.25) is 0 Å². The molecule has 1 N–H and O–H groups in total. The maximum absolute atomic E-state index is 14.0. The fourth-order valence-corrected chi connectivity index (χ4v) is 6.94. The third-order valence-corrected chi connectivity index (χ3v) is 9.20. The Morgan fingerprint density at radius 3 is 2.58 bits per heavy atom. The minimum absolute atomic E-state index is 0.0497. The van der Waals surface area contributed by atoms with E-state index in [9.17, 15) is 9.18 Å². The van der Waals surface area contributed by atoms with Crippen LogP contribution < -0.4 is 5.32 Å². The zero-order chi connectivity index (χ0) is 25.8. The summed E-state index contributed by atoms with van der Waals surface area (Å²) in [6.45, 7) is 2.06. The van der Waals surface area contributed by atoms with Crippen molar-refractivity contribution in [3.8, 4) is 11.3 Å². The van der Waals surface area contributed by atoms with Crippen LogP contribution >= 0.6 is 0 Å². The first-order valence-corrected chi connectivity index (χ1v) is 13.9. The Bertz CT molecular complexity index is 1480. The van der Waals surface area contributed by atoms with Crippen LogP contribution in [0.5, 0.6) is 0 Å².